The second-order valence-corrected chi connectivity index (χ2v) is 5.36. The lowest BCUT2D eigenvalue weighted by Crippen LogP contribution is -2.19. The van der Waals surface area contributed by atoms with Gasteiger partial charge >= 0.3 is 0 Å². The Morgan fingerprint density at radius 2 is 2.43 bits per heavy atom. The van der Waals surface area contributed by atoms with Crippen molar-refractivity contribution in [3.05, 3.63) is 34.8 Å². The van der Waals surface area contributed by atoms with Crippen LogP contribution in [0.15, 0.2) is 39.9 Å². The van der Waals surface area contributed by atoms with Crippen LogP contribution < -0.4 is 5.84 Å². The van der Waals surface area contributed by atoms with Crippen molar-refractivity contribution in [2.24, 2.45) is 10.9 Å². The maximum atomic E-state index is 5.28. The molecule has 1 unspecified atom stereocenters. The topological polar surface area (TPSA) is 38.4 Å². The van der Waals surface area contributed by atoms with Crippen molar-refractivity contribution in [2.75, 3.05) is 0 Å². The van der Waals surface area contributed by atoms with Gasteiger partial charge in [-0.05, 0) is 31.9 Å². The fraction of sp³-hybridized carbons (Fsp3) is 0.364. The molecule has 1 aliphatic carbocycles. The highest BCUT2D eigenvalue weighted by Crippen LogP contribution is 2.49. The zero-order valence-corrected chi connectivity index (χ0v) is 9.27. The molecule has 1 atom stereocenters. The average molecular weight is 206 g/mol. The summed E-state index contributed by atoms with van der Waals surface area (Å²) in [5, 5.41) is 3.74. The molecule has 2 N–H and O–H groups in total. The number of fused-ring (bicyclic) bond motifs is 1. The molecule has 0 aromatic carbocycles. The molecule has 2 nitrogen and oxygen atoms in total. The summed E-state index contributed by atoms with van der Waals surface area (Å²) in [6.45, 7) is 4.22. The maximum absolute atomic E-state index is 5.28. The Balaban J connectivity index is 2.34. The molecular formula is C11H14N2S. The van der Waals surface area contributed by atoms with Gasteiger partial charge in [-0.2, -0.15) is 5.10 Å². The van der Waals surface area contributed by atoms with Gasteiger partial charge in [-0.1, -0.05) is 18.2 Å². The van der Waals surface area contributed by atoms with Crippen molar-refractivity contribution in [1.29, 1.82) is 0 Å². The molecule has 0 aromatic heterocycles. The number of hydrazone groups is 1. The number of thioether (sulfide) groups is 1. The van der Waals surface area contributed by atoms with Crippen molar-refractivity contribution < 1.29 is 0 Å². The highest BCUT2D eigenvalue weighted by Gasteiger charge is 2.35. The lowest BCUT2D eigenvalue weighted by atomic mass is 9.92. The van der Waals surface area contributed by atoms with Crippen LogP contribution in [0.4, 0.5) is 0 Å². The van der Waals surface area contributed by atoms with Gasteiger partial charge in [0.15, 0.2) is 0 Å². The SMILES string of the molecule is C/C(=N\N)C1=CC2=CC=CCC2(C)S1. The summed E-state index contributed by atoms with van der Waals surface area (Å²) in [7, 11) is 0. The van der Waals surface area contributed by atoms with Crippen molar-refractivity contribution in [3.8, 4) is 0 Å². The molecule has 0 aromatic rings. The lowest BCUT2D eigenvalue weighted by Gasteiger charge is -2.26. The van der Waals surface area contributed by atoms with Crippen LogP contribution in [0, 0.1) is 0 Å². The minimum absolute atomic E-state index is 0.204. The Hall–Kier alpha value is -0.960. The van der Waals surface area contributed by atoms with Gasteiger partial charge in [0, 0.05) is 9.65 Å². The van der Waals surface area contributed by atoms with Gasteiger partial charge in [0.1, 0.15) is 0 Å². The van der Waals surface area contributed by atoms with E-state index in [0.717, 1.165) is 12.1 Å². The standard InChI is InChI=1S/C11H14N2S/c1-8(13-12)10-7-9-5-3-4-6-11(9,2)14-10/h3-5,7H,6,12H2,1-2H3/b13-8+. The summed E-state index contributed by atoms with van der Waals surface area (Å²) < 4.78 is 0.204. The van der Waals surface area contributed by atoms with Gasteiger partial charge in [0.05, 0.1) is 5.71 Å². The average Bonchev–Trinajstić information content (AvgIpc) is 2.53. The van der Waals surface area contributed by atoms with E-state index in [9.17, 15) is 0 Å². The van der Waals surface area contributed by atoms with Crippen LogP contribution in [0.1, 0.15) is 20.3 Å². The lowest BCUT2D eigenvalue weighted by molar-refractivity contribution is 0.774. The first kappa shape index (κ1) is 9.59. The van der Waals surface area contributed by atoms with Gasteiger partial charge < -0.3 is 5.84 Å². The van der Waals surface area contributed by atoms with Crippen LogP contribution in [0.5, 0.6) is 0 Å². The van der Waals surface area contributed by atoms with Crippen LogP contribution in [-0.2, 0) is 0 Å². The molecule has 1 aliphatic heterocycles. The van der Waals surface area contributed by atoms with Crippen molar-refractivity contribution in [2.45, 2.75) is 25.0 Å². The van der Waals surface area contributed by atoms with E-state index in [-0.39, 0.29) is 4.75 Å². The van der Waals surface area contributed by atoms with Crippen molar-refractivity contribution in [3.63, 3.8) is 0 Å². The quantitative estimate of drug-likeness (QED) is 0.407. The van der Waals surface area contributed by atoms with Gasteiger partial charge in [0.25, 0.3) is 0 Å². The second kappa shape index (κ2) is 3.31. The molecule has 0 spiro atoms. The molecule has 0 amide bonds. The predicted molar refractivity (Wildman–Crippen MR) is 63.2 cm³/mol. The van der Waals surface area contributed by atoms with Crippen molar-refractivity contribution >= 4 is 17.5 Å². The zero-order valence-electron chi connectivity index (χ0n) is 8.45. The molecule has 0 saturated carbocycles. The summed E-state index contributed by atoms with van der Waals surface area (Å²) in [4.78, 5) is 1.20. The van der Waals surface area contributed by atoms with Crippen LogP contribution >= 0.6 is 11.8 Å². The maximum Gasteiger partial charge on any atom is 0.0705 e. The van der Waals surface area contributed by atoms with Crippen LogP contribution in [0.25, 0.3) is 0 Å². The van der Waals surface area contributed by atoms with Crippen molar-refractivity contribution in [1.82, 2.24) is 0 Å². The van der Waals surface area contributed by atoms with E-state index in [1.54, 1.807) is 0 Å². The molecular weight excluding hydrogens is 192 g/mol. The largest absolute Gasteiger partial charge is 0.323 e. The normalized spacial score (nSPS) is 31.1. The van der Waals surface area contributed by atoms with E-state index < -0.39 is 0 Å². The number of hydrogen-bond donors (Lipinski definition) is 1. The molecule has 74 valence electrons. The third kappa shape index (κ3) is 1.42. The third-order valence-electron chi connectivity index (χ3n) is 2.70. The first-order chi connectivity index (χ1) is 6.65. The molecule has 0 bridgehead atoms. The number of nitrogens with two attached hydrogens (primary N) is 1. The Kier molecular flexibility index (Phi) is 2.27. The fourth-order valence-electron chi connectivity index (χ4n) is 1.72. The number of allylic oxidation sites excluding steroid dienone is 5. The number of nitrogens with zero attached hydrogens (tertiary/aromatic N) is 1. The van der Waals surface area contributed by atoms with Crippen LogP contribution in [-0.4, -0.2) is 10.5 Å². The van der Waals surface area contributed by atoms with E-state index in [2.05, 4.69) is 36.3 Å². The van der Waals surface area contributed by atoms with Crippen LogP contribution in [0.3, 0.4) is 0 Å². The minimum atomic E-state index is 0.204. The second-order valence-electron chi connectivity index (χ2n) is 3.81. The van der Waals surface area contributed by atoms with Gasteiger partial charge in [-0.25, -0.2) is 0 Å². The summed E-state index contributed by atoms with van der Waals surface area (Å²) >= 11 is 1.86. The summed E-state index contributed by atoms with van der Waals surface area (Å²) in [6.07, 6.45) is 9.78. The summed E-state index contributed by atoms with van der Waals surface area (Å²) in [5.41, 5.74) is 2.30. The molecule has 1 heterocycles. The molecule has 14 heavy (non-hydrogen) atoms. The zero-order chi connectivity index (χ0) is 10.2. The molecule has 0 fully saturated rings. The van der Waals surface area contributed by atoms with E-state index in [1.807, 2.05) is 18.7 Å². The summed E-state index contributed by atoms with van der Waals surface area (Å²) in [5.74, 6) is 5.28. The Morgan fingerprint density at radius 1 is 1.64 bits per heavy atom. The monoisotopic (exact) mass is 206 g/mol. The molecule has 0 radical (unpaired) electrons. The molecule has 2 aliphatic rings. The smallest absolute Gasteiger partial charge is 0.0705 e. The van der Waals surface area contributed by atoms with Gasteiger partial charge in [-0.15, -0.1) is 11.8 Å². The van der Waals surface area contributed by atoms with Gasteiger partial charge in [-0.3, -0.25) is 0 Å². The Morgan fingerprint density at radius 3 is 3.07 bits per heavy atom. The predicted octanol–water partition coefficient (Wildman–Crippen LogP) is 2.60. The molecule has 3 heteroatoms. The Labute approximate surface area is 88.6 Å². The van der Waals surface area contributed by atoms with Gasteiger partial charge in [0.2, 0.25) is 0 Å². The molecule has 0 saturated heterocycles. The van der Waals surface area contributed by atoms with E-state index in [4.69, 9.17) is 5.84 Å². The Bertz CT molecular complexity index is 377. The summed E-state index contributed by atoms with van der Waals surface area (Å²) in [6, 6.07) is 0. The third-order valence-corrected chi connectivity index (χ3v) is 4.19. The first-order valence-electron chi connectivity index (χ1n) is 4.68. The highest BCUT2D eigenvalue weighted by atomic mass is 32.2. The van der Waals surface area contributed by atoms with E-state index >= 15 is 0 Å². The first-order valence-corrected chi connectivity index (χ1v) is 5.50. The van der Waals surface area contributed by atoms with E-state index in [1.165, 1.54) is 10.5 Å². The molecule has 2 rings (SSSR count). The van der Waals surface area contributed by atoms with Crippen LogP contribution in [0.2, 0.25) is 0 Å². The number of rotatable bonds is 1. The highest BCUT2D eigenvalue weighted by molar-refractivity contribution is 8.05. The minimum Gasteiger partial charge on any atom is -0.323 e. The fourth-order valence-corrected chi connectivity index (χ4v) is 3.01. The van der Waals surface area contributed by atoms with E-state index in [0.29, 0.717) is 0 Å². The number of hydrogen-bond acceptors (Lipinski definition) is 3.